The summed E-state index contributed by atoms with van der Waals surface area (Å²) in [5, 5.41) is 9.28. The molecule has 1 N–H and O–H groups in total. The Hall–Kier alpha value is -1.92. The zero-order chi connectivity index (χ0) is 14.9. The number of hydrogen-bond acceptors (Lipinski definition) is 6. The van der Waals surface area contributed by atoms with Gasteiger partial charge in [-0.2, -0.15) is 15.0 Å². The maximum Gasteiger partial charge on any atom is 0.326 e. The van der Waals surface area contributed by atoms with Crippen LogP contribution in [0.1, 0.15) is 38.4 Å². The lowest BCUT2D eigenvalue weighted by atomic mass is 10.2. The van der Waals surface area contributed by atoms with Crippen LogP contribution in [0.3, 0.4) is 0 Å². The first kappa shape index (κ1) is 14.5. The minimum absolute atomic E-state index is 0.168. The predicted molar refractivity (Wildman–Crippen MR) is 76.2 cm³/mol. The molecule has 1 aromatic rings. The Morgan fingerprint density at radius 2 is 2.05 bits per heavy atom. The smallest absolute Gasteiger partial charge is 0.326 e. The van der Waals surface area contributed by atoms with E-state index in [2.05, 4.69) is 15.0 Å². The molecule has 0 aliphatic carbocycles. The van der Waals surface area contributed by atoms with Crippen molar-refractivity contribution in [3.05, 3.63) is 5.82 Å². The van der Waals surface area contributed by atoms with Gasteiger partial charge in [-0.1, -0.05) is 13.8 Å². The van der Waals surface area contributed by atoms with Crippen LogP contribution in [0.2, 0.25) is 0 Å². The molecule has 0 spiro atoms. The lowest BCUT2D eigenvalue weighted by Gasteiger charge is -2.23. The molecule has 110 valence electrons. The van der Waals surface area contributed by atoms with Crippen LogP contribution in [0.4, 0.5) is 11.9 Å². The van der Waals surface area contributed by atoms with E-state index in [0.29, 0.717) is 30.7 Å². The highest BCUT2D eigenvalue weighted by Gasteiger charge is 2.33. The minimum Gasteiger partial charge on any atom is -0.480 e. The molecule has 0 aromatic carbocycles. The molecule has 1 aromatic heterocycles. The third-order valence-corrected chi connectivity index (χ3v) is 3.34. The van der Waals surface area contributed by atoms with Crippen LogP contribution >= 0.6 is 0 Å². The van der Waals surface area contributed by atoms with Gasteiger partial charge >= 0.3 is 5.97 Å². The molecular formula is C13H21N5O2. The Bertz CT molecular complexity index is 477. The van der Waals surface area contributed by atoms with Gasteiger partial charge in [0.2, 0.25) is 11.9 Å². The van der Waals surface area contributed by atoms with Gasteiger partial charge in [0.15, 0.2) is 0 Å². The van der Waals surface area contributed by atoms with Crippen LogP contribution in [0, 0.1) is 0 Å². The van der Waals surface area contributed by atoms with E-state index in [4.69, 9.17) is 0 Å². The van der Waals surface area contributed by atoms with Crippen molar-refractivity contribution in [2.24, 2.45) is 0 Å². The van der Waals surface area contributed by atoms with Gasteiger partial charge in [-0.3, -0.25) is 0 Å². The first-order chi connectivity index (χ1) is 9.40. The summed E-state index contributed by atoms with van der Waals surface area (Å²) in [5.74, 6) is 1.07. The second-order valence-corrected chi connectivity index (χ2v) is 5.53. The second kappa shape index (κ2) is 5.60. The largest absolute Gasteiger partial charge is 0.480 e. The molecule has 7 nitrogen and oxygen atoms in total. The number of aliphatic carboxylic acids is 1. The SMILES string of the molecule is CC(C)c1nc(N(C)C)nc(N2CCC[C@@H]2C(=O)O)n1. The van der Waals surface area contributed by atoms with Crippen LogP contribution in [-0.4, -0.2) is 52.7 Å². The van der Waals surface area contributed by atoms with Crippen molar-refractivity contribution in [3.63, 3.8) is 0 Å². The summed E-state index contributed by atoms with van der Waals surface area (Å²) in [6, 6.07) is -0.535. The number of rotatable bonds is 4. The van der Waals surface area contributed by atoms with E-state index < -0.39 is 12.0 Å². The summed E-state index contributed by atoms with van der Waals surface area (Å²) < 4.78 is 0. The third kappa shape index (κ3) is 2.81. The molecule has 0 bridgehead atoms. The molecule has 2 rings (SSSR count). The van der Waals surface area contributed by atoms with Crippen molar-refractivity contribution in [3.8, 4) is 0 Å². The van der Waals surface area contributed by atoms with E-state index >= 15 is 0 Å². The van der Waals surface area contributed by atoms with Gasteiger partial charge in [0, 0.05) is 26.6 Å². The summed E-state index contributed by atoms with van der Waals surface area (Å²) in [5.41, 5.74) is 0. The Morgan fingerprint density at radius 3 is 2.60 bits per heavy atom. The van der Waals surface area contributed by atoms with Gasteiger partial charge in [0.05, 0.1) is 0 Å². The summed E-state index contributed by atoms with van der Waals surface area (Å²) in [6.45, 7) is 4.69. The Kier molecular flexibility index (Phi) is 4.06. The third-order valence-electron chi connectivity index (χ3n) is 3.34. The topological polar surface area (TPSA) is 82.5 Å². The molecule has 1 aliphatic heterocycles. The summed E-state index contributed by atoms with van der Waals surface area (Å²) >= 11 is 0. The van der Waals surface area contributed by atoms with Crippen molar-refractivity contribution in [1.29, 1.82) is 0 Å². The molecule has 1 aliphatic rings. The molecule has 0 saturated carbocycles. The number of carbonyl (C=O) groups is 1. The normalized spacial score (nSPS) is 18.6. The molecule has 1 atom stereocenters. The molecule has 1 saturated heterocycles. The summed E-state index contributed by atoms with van der Waals surface area (Å²) in [6.07, 6.45) is 1.48. The highest BCUT2D eigenvalue weighted by atomic mass is 16.4. The maximum absolute atomic E-state index is 11.3. The average molecular weight is 279 g/mol. The van der Waals surface area contributed by atoms with Crippen LogP contribution < -0.4 is 9.80 Å². The number of nitrogens with zero attached hydrogens (tertiary/aromatic N) is 5. The van der Waals surface area contributed by atoms with E-state index in [1.54, 1.807) is 4.90 Å². The van der Waals surface area contributed by atoms with Gasteiger partial charge in [0.1, 0.15) is 11.9 Å². The fourth-order valence-corrected chi connectivity index (χ4v) is 2.22. The highest BCUT2D eigenvalue weighted by Crippen LogP contribution is 2.25. The van der Waals surface area contributed by atoms with Crippen molar-refractivity contribution in [1.82, 2.24) is 15.0 Å². The molecule has 7 heteroatoms. The van der Waals surface area contributed by atoms with E-state index in [1.807, 2.05) is 32.8 Å². The van der Waals surface area contributed by atoms with Crippen LogP contribution in [0.15, 0.2) is 0 Å². The Balaban J connectivity index is 2.42. The molecule has 20 heavy (non-hydrogen) atoms. The van der Waals surface area contributed by atoms with E-state index in [9.17, 15) is 9.90 Å². The monoisotopic (exact) mass is 279 g/mol. The van der Waals surface area contributed by atoms with Gasteiger partial charge in [-0.25, -0.2) is 4.79 Å². The average Bonchev–Trinajstić information content (AvgIpc) is 2.87. The number of carboxylic acid groups (broad SMARTS) is 1. The van der Waals surface area contributed by atoms with Crippen LogP contribution in [-0.2, 0) is 4.79 Å². The van der Waals surface area contributed by atoms with Gasteiger partial charge in [0.25, 0.3) is 0 Å². The molecule has 1 fully saturated rings. The fourth-order valence-electron chi connectivity index (χ4n) is 2.22. The van der Waals surface area contributed by atoms with Gasteiger partial charge in [-0.05, 0) is 12.8 Å². The molecule has 0 radical (unpaired) electrons. The number of anilines is 2. The minimum atomic E-state index is -0.819. The number of carboxylic acids is 1. The predicted octanol–water partition coefficient (Wildman–Crippen LogP) is 1.11. The van der Waals surface area contributed by atoms with Crippen molar-refractivity contribution >= 4 is 17.9 Å². The fraction of sp³-hybridized carbons (Fsp3) is 0.692. The van der Waals surface area contributed by atoms with Crippen molar-refractivity contribution in [2.45, 2.75) is 38.6 Å². The summed E-state index contributed by atoms with van der Waals surface area (Å²) in [4.78, 5) is 28.1. The van der Waals surface area contributed by atoms with Crippen molar-refractivity contribution < 1.29 is 9.90 Å². The Morgan fingerprint density at radius 1 is 1.35 bits per heavy atom. The lowest BCUT2D eigenvalue weighted by Crippen LogP contribution is -2.37. The number of hydrogen-bond donors (Lipinski definition) is 1. The first-order valence-electron chi connectivity index (χ1n) is 6.83. The van der Waals surface area contributed by atoms with Crippen LogP contribution in [0.5, 0.6) is 0 Å². The molecule has 0 unspecified atom stereocenters. The first-order valence-corrected chi connectivity index (χ1v) is 6.83. The van der Waals surface area contributed by atoms with Crippen LogP contribution in [0.25, 0.3) is 0 Å². The molecular weight excluding hydrogens is 258 g/mol. The van der Waals surface area contributed by atoms with Gasteiger partial charge in [-0.15, -0.1) is 0 Å². The number of aromatic nitrogens is 3. The zero-order valence-electron chi connectivity index (χ0n) is 12.4. The van der Waals surface area contributed by atoms with E-state index in [1.165, 1.54) is 0 Å². The maximum atomic E-state index is 11.3. The zero-order valence-corrected chi connectivity index (χ0v) is 12.4. The van der Waals surface area contributed by atoms with E-state index in [0.717, 1.165) is 6.42 Å². The second-order valence-electron chi connectivity index (χ2n) is 5.53. The molecule has 0 amide bonds. The summed E-state index contributed by atoms with van der Waals surface area (Å²) in [7, 11) is 3.73. The highest BCUT2D eigenvalue weighted by molar-refractivity contribution is 5.78. The lowest BCUT2D eigenvalue weighted by molar-refractivity contribution is -0.138. The molecule has 2 heterocycles. The van der Waals surface area contributed by atoms with Gasteiger partial charge < -0.3 is 14.9 Å². The van der Waals surface area contributed by atoms with Crippen molar-refractivity contribution in [2.75, 3.05) is 30.4 Å². The van der Waals surface area contributed by atoms with E-state index in [-0.39, 0.29) is 5.92 Å². The Labute approximate surface area is 118 Å². The quantitative estimate of drug-likeness (QED) is 0.884. The standard InChI is InChI=1S/C13H21N5O2/c1-8(2)10-14-12(17(3)4)16-13(15-10)18-7-5-6-9(18)11(19)20/h8-9H,5-7H2,1-4H3,(H,19,20)/t9-/m1/s1.